The van der Waals surface area contributed by atoms with Gasteiger partial charge in [0.1, 0.15) is 5.82 Å². The molecule has 3 N–H and O–H groups in total. The molecule has 0 fully saturated rings. The predicted octanol–water partition coefficient (Wildman–Crippen LogP) is 1.58. The average Bonchev–Trinajstić information content (AvgIpc) is 2.50. The highest BCUT2D eigenvalue weighted by Gasteiger charge is 2.41. The van der Waals surface area contributed by atoms with E-state index in [1.807, 2.05) is 0 Å². The molecule has 126 valence electrons. The Balaban J connectivity index is 2.32. The van der Waals surface area contributed by atoms with Crippen LogP contribution in [0.2, 0.25) is 0 Å². The lowest BCUT2D eigenvalue weighted by molar-refractivity contribution is -0.133. The van der Waals surface area contributed by atoms with Crippen molar-refractivity contribution < 1.29 is 27.9 Å². The van der Waals surface area contributed by atoms with Crippen LogP contribution in [0.4, 0.5) is 13.2 Å². The quantitative estimate of drug-likeness (QED) is 0.714. The van der Waals surface area contributed by atoms with E-state index in [9.17, 15) is 27.9 Å². The molecule has 24 heavy (non-hydrogen) atoms. The molecule has 1 unspecified atom stereocenters. The van der Waals surface area contributed by atoms with Crippen LogP contribution in [0.15, 0.2) is 34.7 Å². The minimum Gasteiger partial charge on any atom is -0.478 e. The molecule has 1 aromatic rings. The van der Waals surface area contributed by atoms with E-state index < -0.39 is 40.7 Å². The van der Waals surface area contributed by atoms with Gasteiger partial charge in [0.15, 0.2) is 17.4 Å². The number of allylic oxidation sites excluding steroid dienone is 1. The van der Waals surface area contributed by atoms with Crippen molar-refractivity contribution in [1.29, 1.82) is 0 Å². The number of hydrogen-bond acceptors (Lipinski definition) is 4. The fraction of sp³-hybridized carbons (Fsp3) is 0.250. The van der Waals surface area contributed by atoms with Crippen molar-refractivity contribution in [3.05, 3.63) is 57.7 Å². The second-order valence-corrected chi connectivity index (χ2v) is 5.58. The number of carboxylic acid groups (broad SMARTS) is 1. The van der Waals surface area contributed by atoms with E-state index in [1.165, 1.54) is 6.92 Å². The highest BCUT2D eigenvalue weighted by molar-refractivity contribution is 6.04. The molecule has 1 aromatic carbocycles. The Labute approximate surface area is 134 Å². The average molecular weight is 338 g/mol. The third-order valence-corrected chi connectivity index (χ3v) is 4.13. The molecular formula is C16H13F3N2O3. The lowest BCUT2D eigenvalue weighted by Crippen LogP contribution is -2.43. The van der Waals surface area contributed by atoms with Crippen molar-refractivity contribution in [2.75, 3.05) is 13.1 Å². The van der Waals surface area contributed by atoms with Crippen LogP contribution in [-0.4, -0.2) is 29.9 Å². The van der Waals surface area contributed by atoms with Gasteiger partial charge in [-0.15, -0.1) is 0 Å². The summed E-state index contributed by atoms with van der Waals surface area (Å²) in [6.07, 6.45) is 0. The molecule has 0 amide bonds. The zero-order chi connectivity index (χ0) is 17.6. The Hall–Kier alpha value is -2.61. The number of ketones is 1. The molecule has 0 aromatic heterocycles. The van der Waals surface area contributed by atoms with Crippen LogP contribution in [0, 0.1) is 17.5 Å². The van der Waals surface area contributed by atoms with Crippen LogP contribution < -0.4 is 10.6 Å². The molecule has 2 heterocycles. The largest absolute Gasteiger partial charge is 0.478 e. The standard InChI is InChI=1S/C16H13F3N2O3/c1-6-11(16(23)24)14(12-7(17)2-3-8(18)15(12)19)13-9(21-6)4-20-5-10(13)22/h2-3,14,20-21H,4-5H2,1H3,(H,23,24). The maximum Gasteiger partial charge on any atom is 0.334 e. The molecule has 0 saturated heterocycles. The highest BCUT2D eigenvalue weighted by atomic mass is 19.2. The van der Waals surface area contributed by atoms with Crippen LogP contribution in [0.3, 0.4) is 0 Å². The van der Waals surface area contributed by atoms with E-state index in [1.54, 1.807) is 0 Å². The summed E-state index contributed by atoms with van der Waals surface area (Å²) in [5.74, 6) is -7.36. The maximum atomic E-state index is 14.3. The summed E-state index contributed by atoms with van der Waals surface area (Å²) in [5.41, 5.74) is -0.726. The van der Waals surface area contributed by atoms with Gasteiger partial charge < -0.3 is 15.7 Å². The fourth-order valence-corrected chi connectivity index (χ4v) is 3.14. The summed E-state index contributed by atoms with van der Waals surface area (Å²) in [4.78, 5) is 23.9. The van der Waals surface area contributed by atoms with Gasteiger partial charge >= 0.3 is 5.97 Å². The molecule has 3 rings (SSSR count). The van der Waals surface area contributed by atoms with Crippen molar-refractivity contribution in [2.24, 2.45) is 0 Å². The Kier molecular flexibility index (Phi) is 3.92. The Bertz CT molecular complexity index is 830. The topological polar surface area (TPSA) is 78.4 Å². The SMILES string of the molecule is CC1=C(C(=O)O)C(c2c(F)ccc(F)c2F)C2=C(CNCC2=O)N1. The van der Waals surface area contributed by atoms with Gasteiger partial charge in [-0.3, -0.25) is 4.79 Å². The predicted molar refractivity (Wildman–Crippen MR) is 77.4 cm³/mol. The Morgan fingerprint density at radius 2 is 1.88 bits per heavy atom. The monoisotopic (exact) mass is 338 g/mol. The fourth-order valence-electron chi connectivity index (χ4n) is 3.14. The van der Waals surface area contributed by atoms with E-state index in [4.69, 9.17) is 0 Å². The summed E-state index contributed by atoms with van der Waals surface area (Å²) in [6.45, 7) is 1.54. The lowest BCUT2D eigenvalue weighted by atomic mass is 9.77. The number of carbonyl (C=O) groups excluding carboxylic acids is 1. The Morgan fingerprint density at radius 3 is 2.54 bits per heavy atom. The van der Waals surface area contributed by atoms with Gasteiger partial charge in [-0.2, -0.15) is 0 Å². The second-order valence-electron chi connectivity index (χ2n) is 5.58. The van der Waals surface area contributed by atoms with E-state index in [-0.39, 0.29) is 29.9 Å². The summed E-state index contributed by atoms with van der Waals surface area (Å²) in [5, 5.41) is 15.1. The van der Waals surface area contributed by atoms with Crippen LogP contribution in [0.5, 0.6) is 0 Å². The first-order chi connectivity index (χ1) is 11.3. The number of dihydropyridines is 1. The zero-order valence-electron chi connectivity index (χ0n) is 12.5. The minimum atomic E-state index is -1.51. The molecule has 1 atom stereocenters. The molecule has 2 aliphatic heterocycles. The number of Topliss-reactive ketones (excluding diaryl/α,β-unsaturated/α-hetero) is 1. The lowest BCUT2D eigenvalue weighted by Gasteiger charge is -2.34. The maximum absolute atomic E-state index is 14.3. The van der Waals surface area contributed by atoms with Crippen molar-refractivity contribution in [3.63, 3.8) is 0 Å². The summed E-state index contributed by atoms with van der Waals surface area (Å²) >= 11 is 0. The second kappa shape index (κ2) is 5.79. The number of nitrogens with one attached hydrogen (secondary N) is 2. The number of hydrogen-bond donors (Lipinski definition) is 3. The number of benzene rings is 1. The van der Waals surface area contributed by atoms with Gasteiger partial charge in [-0.05, 0) is 19.1 Å². The van der Waals surface area contributed by atoms with Crippen molar-refractivity contribution in [3.8, 4) is 0 Å². The molecule has 8 heteroatoms. The summed E-state index contributed by atoms with van der Waals surface area (Å²) in [6, 6.07) is 1.34. The molecule has 0 aliphatic carbocycles. The van der Waals surface area contributed by atoms with Gasteiger partial charge in [0.2, 0.25) is 0 Å². The van der Waals surface area contributed by atoms with E-state index in [0.29, 0.717) is 11.8 Å². The first-order valence-electron chi connectivity index (χ1n) is 7.14. The molecule has 0 saturated carbocycles. The van der Waals surface area contributed by atoms with Crippen LogP contribution >= 0.6 is 0 Å². The summed E-state index contributed by atoms with van der Waals surface area (Å²) < 4.78 is 42.2. The number of carbonyl (C=O) groups is 2. The van der Waals surface area contributed by atoms with Crippen molar-refractivity contribution >= 4 is 11.8 Å². The molecule has 2 aliphatic rings. The molecule has 5 nitrogen and oxygen atoms in total. The van der Waals surface area contributed by atoms with Gasteiger partial charge in [-0.25, -0.2) is 18.0 Å². The third kappa shape index (κ3) is 2.39. The van der Waals surface area contributed by atoms with Gasteiger partial charge in [0, 0.05) is 29.1 Å². The van der Waals surface area contributed by atoms with Gasteiger partial charge in [0.25, 0.3) is 0 Å². The van der Waals surface area contributed by atoms with Gasteiger partial charge in [-0.1, -0.05) is 0 Å². The summed E-state index contributed by atoms with van der Waals surface area (Å²) in [7, 11) is 0. The van der Waals surface area contributed by atoms with Crippen molar-refractivity contribution in [1.82, 2.24) is 10.6 Å². The molecular weight excluding hydrogens is 325 g/mol. The first-order valence-corrected chi connectivity index (χ1v) is 7.14. The normalized spacial score (nSPS) is 20.8. The van der Waals surface area contributed by atoms with Gasteiger partial charge in [0.05, 0.1) is 18.0 Å². The number of rotatable bonds is 2. The van der Waals surface area contributed by atoms with Crippen LogP contribution in [-0.2, 0) is 9.59 Å². The smallest absolute Gasteiger partial charge is 0.334 e. The van der Waals surface area contributed by atoms with Crippen LogP contribution in [0.1, 0.15) is 18.4 Å². The number of halogens is 3. The zero-order valence-corrected chi connectivity index (χ0v) is 12.5. The third-order valence-electron chi connectivity index (χ3n) is 4.13. The van der Waals surface area contributed by atoms with E-state index in [0.717, 1.165) is 6.07 Å². The van der Waals surface area contributed by atoms with E-state index in [2.05, 4.69) is 10.6 Å². The molecule has 0 bridgehead atoms. The highest BCUT2D eigenvalue weighted by Crippen LogP contribution is 2.41. The molecule has 0 spiro atoms. The van der Waals surface area contributed by atoms with Crippen molar-refractivity contribution in [2.45, 2.75) is 12.8 Å². The minimum absolute atomic E-state index is 0.0554. The number of carboxylic acids is 1. The first kappa shape index (κ1) is 16.3. The van der Waals surface area contributed by atoms with E-state index >= 15 is 0 Å². The van der Waals surface area contributed by atoms with Crippen LogP contribution in [0.25, 0.3) is 0 Å². The molecule has 0 radical (unpaired) electrons. The number of aliphatic carboxylic acids is 1. The Morgan fingerprint density at radius 1 is 1.21 bits per heavy atom.